The summed E-state index contributed by atoms with van der Waals surface area (Å²) < 4.78 is 6.21. The van der Waals surface area contributed by atoms with Gasteiger partial charge in [0.2, 0.25) is 5.88 Å². The van der Waals surface area contributed by atoms with Crippen molar-refractivity contribution in [2.45, 2.75) is 19.5 Å². The summed E-state index contributed by atoms with van der Waals surface area (Å²) in [6.07, 6.45) is 0. The number of benzene rings is 1. The van der Waals surface area contributed by atoms with Crippen LogP contribution in [0.5, 0.6) is 5.88 Å². The van der Waals surface area contributed by atoms with Crippen LogP contribution in [0.25, 0.3) is 0 Å². The Bertz CT molecular complexity index is 528. The van der Waals surface area contributed by atoms with Crippen molar-refractivity contribution in [1.29, 1.82) is 0 Å². The molecule has 100 valence electrons. The highest BCUT2D eigenvalue weighted by molar-refractivity contribution is 9.10. The lowest BCUT2D eigenvalue weighted by atomic mass is 10.1. The molecule has 1 unspecified atom stereocenters. The lowest BCUT2D eigenvalue weighted by Gasteiger charge is -2.14. The highest BCUT2D eigenvalue weighted by Gasteiger charge is 2.05. The number of methoxy groups -OCH3 is 1. The molecule has 0 aliphatic heterocycles. The van der Waals surface area contributed by atoms with Crippen molar-refractivity contribution >= 4 is 15.9 Å². The van der Waals surface area contributed by atoms with Crippen molar-refractivity contribution in [2.24, 2.45) is 0 Å². The maximum atomic E-state index is 5.12. The van der Waals surface area contributed by atoms with E-state index in [1.54, 1.807) is 7.11 Å². The molecule has 0 bridgehead atoms. The van der Waals surface area contributed by atoms with Gasteiger partial charge in [-0.3, -0.25) is 0 Å². The second kappa shape index (κ2) is 6.68. The van der Waals surface area contributed by atoms with Crippen molar-refractivity contribution in [1.82, 2.24) is 10.3 Å². The van der Waals surface area contributed by atoms with Crippen LogP contribution < -0.4 is 10.1 Å². The summed E-state index contributed by atoms with van der Waals surface area (Å²) in [7, 11) is 1.63. The molecule has 1 atom stereocenters. The summed E-state index contributed by atoms with van der Waals surface area (Å²) >= 11 is 3.44. The van der Waals surface area contributed by atoms with Crippen molar-refractivity contribution in [3.63, 3.8) is 0 Å². The van der Waals surface area contributed by atoms with Crippen LogP contribution in [0, 0.1) is 0 Å². The molecule has 0 amide bonds. The van der Waals surface area contributed by atoms with E-state index in [2.05, 4.69) is 57.4 Å². The fourth-order valence-corrected chi connectivity index (χ4v) is 2.06. The van der Waals surface area contributed by atoms with Crippen LogP contribution in [-0.4, -0.2) is 12.1 Å². The van der Waals surface area contributed by atoms with Gasteiger partial charge in [0.1, 0.15) is 0 Å². The highest BCUT2D eigenvalue weighted by Crippen LogP contribution is 2.17. The molecule has 0 aliphatic rings. The first-order valence-corrected chi connectivity index (χ1v) is 6.97. The molecule has 1 aromatic carbocycles. The fourth-order valence-electron chi connectivity index (χ4n) is 1.80. The second-order valence-corrected chi connectivity index (χ2v) is 5.24. The molecule has 1 heterocycles. The Morgan fingerprint density at radius 3 is 2.63 bits per heavy atom. The Hall–Kier alpha value is -1.39. The lowest BCUT2D eigenvalue weighted by Crippen LogP contribution is -2.18. The zero-order chi connectivity index (χ0) is 13.7. The van der Waals surface area contributed by atoms with Crippen LogP contribution >= 0.6 is 15.9 Å². The first-order chi connectivity index (χ1) is 9.19. The van der Waals surface area contributed by atoms with Crippen LogP contribution in [0.2, 0.25) is 0 Å². The van der Waals surface area contributed by atoms with Gasteiger partial charge in [-0.05, 0) is 30.7 Å². The summed E-state index contributed by atoms with van der Waals surface area (Å²) in [6, 6.07) is 14.4. The topological polar surface area (TPSA) is 34.1 Å². The molecule has 0 spiro atoms. The SMILES string of the molecule is COc1cccc(CNC(C)c2ccc(Br)cc2)n1. The van der Waals surface area contributed by atoms with Crippen LogP contribution in [-0.2, 0) is 6.54 Å². The normalized spacial score (nSPS) is 12.2. The first-order valence-electron chi connectivity index (χ1n) is 6.18. The molecule has 1 aromatic heterocycles. The summed E-state index contributed by atoms with van der Waals surface area (Å²) in [5, 5.41) is 3.45. The smallest absolute Gasteiger partial charge is 0.213 e. The van der Waals surface area contributed by atoms with E-state index in [0.717, 1.165) is 10.2 Å². The van der Waals surface area contributed by atoms with E-state index < -0.39 is 0 Å². The molecule has 0 saturated carbocycles. The minimum atomic E-state index is 0.279. The Morgan fingerprint density at radius 1 is 1.21 bits per heavy atom. The zero-order valence-electron chi connectivity index (χ0n) is 11.1. The third-order valence-electron chi connectivity index (χ3n) is 2.95. The van der Waals surface area contributed by atoms with Crippen LogP contribution in [0.1, 0.15) is 24.2 Å². The molecule has 3 nitrogen and oxygen atoms in total. The molecule has 1 N–H and O–H groups in total. The van der Waals surface area contributed by atoms with Gasteiger partial charge >= 0.3 is 0 Å². The lowest BCUT2D eigenvalue weighted by molar-refractivity contribution is 0.395. The minimum absolute atomic E-state index is 0.279. The van der Waals surface area contributed by atoms with Gasteiger partial charge in [-0.2, -0.15) is 0 Å². The van der Waals surface area contributed by atoms with Gasteiger partial charge in [-0.25, -0.2) is 4.98 Å². The van der Waals surface area contributed by atoms with Gasteiger partial charge in [0, 0.05) is 23.1 Å². The number of halogens is 1. The van der Waals surface area contributed by atoms with Gasteiger partial charge < -0.3 is 10.1 Å². The predicted molar refractivity (Wildman–Crippen MR) is 80.2 cm³/mol. The average molecular weight is 321 g/mol. The van der Waals surface area contributed by atoms with E-state index in [4.69, 9.17) is 4.74 Å². The number of ether oxygens (including phenoxy) is 1. The second-order valence-electron chi connectivity index (χ2n) is 4.33. The largest absolute Gasteiger partial charge is 0.481 e. The van der Waals surface area contributed by atoms with Crippen LogP contribution in [0.4, 0.5) is 0 Å². The summed E-state index contributed by atoms with van der Waals surface area (Å²) in [5.74, 6) is 0.649. The van der Waals surface area contributed by atoms with E-state index in [9.17, 15) is 0 Å². The minimum Gasteiger partial charge on any atom is -0.481 e. The molecule has 4 heteroatoms. The van der Waals surface area contributed by atoms with Gasteiger partial charge in [0.25, 0.3) is 0 Å². The maximum Gasteiger partial charge on any atom is 0.213 e. The zero-order valence-corrected chi connectivity index (χ0v) is 12.6. The van der Waals surface area contributed by atoms with Crippen molar-refractivity contribution in [3.8, 4) is 5.88 Å². The highest BCUT2D eigenvalue weighted by atomic mass is 79.9. The number of pyridine rings is 1. The number of nitrogens with one attached hydrogen (secondary N) is 1. The molecule has 19 heavy (non-hydrogen) atoms. The molecule has 0 radical (unpaired) electrons. The number of aromatic nitrogens is 1. The molecule has 2 rings (SSSR count). The maximum absolute atomic E-state index is 5.12. The Balaban J connectivity index is 1.96. The van der Waals surface area contributed by atoms with Gasteiger partial charge in [0.05, 0.1) is 12.8 Å². The van der Waals surface area contributed by atoms with Crippen LogP contribution in [0.15, 0.2) is 46.9 Å². The van der Waals surface area contributed by atoms with Gasteiger partial charge in [-0.15, -0.1) is 0 Å². The number of rotatable bonds is 5. The van der Waals surface area contributed by atoms with Crippen LogP contribution in [0.3, 0.4) is 0 Å². The fraction of sp³-hybridized carbons (Fsp3) is 0.267. The molecule has 0 fully saturated rings. The number of hydrogen-bond donors (Lipinski definition) is 1. The standard InChI is InChI=1S/C15H17BrN2O/c1-11(12-6-8-13(16)9-7-12)17-10-14-4-3-5-15(18-14)19-2/h3-9,11,17H,10H2,1-2H3. The van der Waals surface area contributed by atoms with Crippen molar-refractivity contribution < 1.29 is 4.74 Å². The van der Waals surface area contributed by atoms with E-state index in [1.165, 1.54) is 5.56 Å². The van der Waals surface area contributed by atoms with E-state index >= 15 is 0 Å². The Morgan fingerprint density at radius 2 is 1.95 bits per heavy atom. The van der Waals surface area contributed by atoms with E-state index in [-0.39, 0.29) is 6.04 Å². The number of nitrogens with zero attached hydrogens (tertiary/aromatic N) is 1. The summed E-state index contributed by atoms with van der Waals surface area (Å²) in [4.78, 5) is 4.38. The Kier molecular flexibility index (Phi) is 4.93. The third kappa shape index (κ3) is 4.04. The van der Waals surface area contributed by atoms with Crippen molar-refractivity contribution in [2.75, 3.05) is 7.11 Å². The molecule has 0 aliphatic carbocycles. The van der Waals surface area contributed by atoms with Gasteiger partial charge in [-0.1, -0.05) is 34.1 Å². The first kappa shape index (κ1) is 14.0. The summed E-state index contributed by atoms with van der Waals surface area (Å²) in [5.41, 5.74) is 2.23. The number of hydrogen-bond acceptors (Lipinski definition) is 3. The quantitative estimate of drug-likeness (QED) is 0.912. The van der Waals surface area contributed by atoms with E-state index in [0.29, 0.717) is 12.4 Å². The molecule has 0 saturated heterocycles. The average Bonchev–Trinajstić information content (AvgIpc) is 2.46. The van der Waals surface area contributed by atoms with Crippen molar-refractivity contribution in [3.05, 3.63) is 58.2 Å². The Labute approximate surface area is 122 Å². The molecule has 2 aromatic rings. The van der Waals surface area contributed by atoms with E-state index in [1.807, 2.05) is 18.2 Å². The molecular weight excluding hydrogens is 304 g/mol. The third-order valence-corrected chi connectivity index (χ3v) is 3.48. The monoisotopic (exact) mass is 320 g/mol. The molecular formula is C15H17BrN2O. The predicted octanol–water partition coefficient (Wildman–Crippen LogP) is 3.70. The van der Waals surface area contributed by atoms with Gasteiger partial charge in [0.15, 0.2) is 0 Å². The summed E-state index contributed by atoms with van der Waals surface area (Å²) in [6.45, 7) is 2.86.